The number of hydrogen-bond donors (Lipinski definition) is 1. The molecular weight excluding hydrogens is 122 g/mol. The molecule has 0 aliphatic heterocycles. The van der Waals surface area contributed by atoms with E-state index in [9.17, 15) is 0 Å². The number of nitrogens with one attached hydrogen (secondary N) is 1. The van der Waals surface area contributed by atoms with Gasteiger partial charge in [-0.15, -0.1) is 12.3 Å². The molecule has 0 bridgehead atoms. The molecule has 0 radical (unpaired) electrons. The van der Waals surface area contributed by atoms with Gasteiger partial charge in [-0.1, -0.05) is 12.2 Å². The van der Waals surface area contributed by atoms with Crippen LogP contribution in [0.5, 0.6) is 0 Å². The smallest absolute Gasteiger partial charge is 0.0134 e. The Kier molecular flexibility index (Phi) is 7.65. The number of unbranched alkanes of at least 4 members (excludes halogenated alkanes) is 1. The summed E-state index contributed by atoms with van der Waals surface area (Å²) < 4.78 is 0. The fourth-order valence-corrected chi connectivity index (χ4v) is 0.619. The van der Waals surface area contributed by atoms with Crippen LogP contribution in [0.4, 0.5) is 0 Å². The van der Waals surface area contributed by atoms with Crippen LogP contribution < -0.4 is 5.32 Å². The molecule has 1 heteroatoms. The van der Waals surface area contributed by atoms with Gasteiger partial charge in [-0.05, 0) is 19.9 Å². The van der Waals surface area contributed by atoms with Crippen molar-refractivity contribution >= 4 is 0 Å². The largest absolute Gasteiger partial charge is 0.313 e. The van der Waals surface area contributed by atoms with Gasteiger partial charge < -0.3 is 5.32 Å². The van der Waals surface area contributed by atoms with Gasteiger partial charge in [0.25, 0.3) is 0 Å². The maximum absolute atomic E-state index is 5.08. The van der Waals surface area contributed by atoms with Crippen molar-refractivity contribution in [2.24, 2.45) is 0 Å². The van der Waals surface area contributed by atoms with Gasteiger partial charge >= 0.3 is 0 Å². The molecule has 0 rings (SSSR count). The van der Waals surface area contributed by atoms with E-state index < -0.39 is 0 Å². The number of terminal acetylenes is 1. The summed E-state index contributed by atoms with van der Waals surface area (Å²) in [5, 5.41) is 3.24. The Hall–Kier alpha value is -0.740. The van der Waals surface area contributed by atoms with E-state index >= 15 is 0 Å². The summed E-state index contributed by atoms with van der Waals surface area (Å²) in [6.45, 7) is 4.00. The summed E-state index contributed by atoms with van der Waals surface area (Å²) in [7, 11) is 0. The van der Waals surface area contributed by atoms with E-state index in [1.54, 1.807) is 0 Å². The molecule has 0 saturated heterocycles. The van der Waals surface area contributed by atoms with E-state index in [2.05, 4.69) is 17.3 Å². The highest BCUT2D eigenvalue weighted by molar-refractivity contribution is 4.84. The third-order valence-electron chi connectivity index (χ3n) is 1.17. The van der Waals surface area contributed by atoms with Crippen molar-refractivity contribution in [3.05, 3.63) is 12.2 Å². The van der Waals surface area contributed by atoms with Crippen molar-refractivity contribution in [1.29, 1.82) is 0 Å². The molecule has 0 aromatic heterocycles. The lowest BCUT2D eigenvalue weighted by Crippen LogP contribution is -2.14. The van der Waals surface area contributed by atoms with E-state index in [4.69, 9.17) is 6.42 Å². The van der Waals surface area contributed by atoms with Crippen LogP contribution >= 0.6 is 0 Å². The summed E-state index contributed by atoms with van der Waals surface area (Å²) in [6.07, 6.45) is 11.2. The van der Waals surface area contributed by atoms with Gasteiger partial charge in [0.1, 0.15) is 0 Å². The third-order valence-corrected chi connectivity index (χ3v) is 1.17. The normalized spacial score (nSPS) is 10.0. The average Bonchev–Trinajstić information content (AvgIpc) is 1.97. The second kappa shape index (κ2) is 8.26. The van der Waals surface area contributed by atoms with E-state index in [0.717, 1.165) is 25.9 Å². The Morgan fingerprint density at radius 1 is 1.60 bits per heavy atom. The van der Waals surface area contributed by atoms with Gasteiger partial charge in [0.05, 0.1) is 0 Å². The Morgan fingerprint density at radius 2 is 2.40 bits per heavy atom. The second-order valence-corrected chi connectivity index (χ2v) is 2.08. The highest BCUT2D eigenvalue weighted by Gasteiger charge is 1.81. The zero-order valence-electron chi connectivity index (χ0n) is 6.56. The Balaban J connectivity index is 2.85. The number of rotatable bonds is 5. The first kappa shape index (κ1) is 9.26. The minimum atomic E-state index is 0.878. The van der Waals surface area contributed by atoms with Crippen LogP contribution in [0.2, 0.25) is 0 Å². The lowest BCUT2D eigenvalue weighted by atomic mass is 10.3. The summed E-state index contributed by atoms with van der Waals surface area (Å²) in [5.74, 6) is 2.60. The quantitative estimate of drug-likeness (QED) is 0.344. The lowest BCUT2D eigenvalue weighted by Gasteiger charge is -1.96. The van der Waals surface area contributed by atoms with Crippen molar-refractivity contribution in [3.63, 3.8) is 0 Å². The molecule has 0 aromatic carbocycles. The fraction of sp³-hybridized carbons (Fsp3) is 0.556. The van der Waals surface area contributed by atoms with Crippen molar-refractivity contribution in [2.45, 2.75) is 19.8 Å². The van der Waals surface area contributed by atoms with Crippen LogP contribution in [0.25, 0.3) is 0 Å². The van der Waals surface area contributed by atoms with Crippen molar-refractivity contribution in [1.82, 2.24) is 5.32 Å². The molecule has 10 heavy (non-hydrogen) atoms. The molecule has 0 saturated carbocycles. The summed E-state index contributed by atoms with van der Waals surface area (Å²) in [5.41, 5.74) is 0. The van der Waals surface area contributed by atoms with Gasteiger partial charge in [0, 0.05) is 13.0 Å². The molecule has 0 aliphatic rings. The predicted octanol–water partition coefficient (Wildman–Crippen LogP) is 1.57. The molecule has 0 aliphatic carbocycles. The molecule has 0 heterocycles. The zero-order chi connectivity index (χ0) is 7.66. The molecule has 56 valence electrons. The molecule has 0 unspecified atom stereocenters. The Bertz CT molecular complexity index is 119. The van der Waals surface area contributed by atoms with E-state index in [1.807, 2.05) is 13.0 Å². The third kappa shape index (κ3) is 7.26. The average molecular weight is 137 g/mol. The molecule has 1 N–H and O–H groups in total. The maximum atomic E-state index is 5.08. The summed E-state index contributed by atoms with van der Waals surface area (Å²) in [4.78, 5) is 0. The van der Waals surface area contributed by atoms with Crippen molar-refractivity contribution < 1.29 is 0 Å². The first-order chi connectivity index (χ1) is 4.91. The number of allylic oxidation sites excluding steroid dienone is 1. The first-order valence-corrected chi connectivity index (χ1v) is 3.67. The highest BCUT2D eigenvalue weighted by atomic mass is 14.8. The second-order valence-electron chi connectivity index (χ2n) is 2.08. The van der Waals surface area contributed by atoms with Gasteiger partial charge in [0.2, 0.25) is 0 Å². The first-order valence-electron chi connectivity index (χ1n) is 3.67. The predicted molar refractivity (Wildman–Crippen MR) is 45.8 cm³/mol. The zero-order valence-corrected chi connectivity index (χ0v) is 6.56. The molecule has 0 aromatic rings. The summed E-state index contributed by atoms with van der Waals surface area (Å²) in [6, 6.07) is 0. The van der Waals surface area contributed by atoms with Crippen LogP contribution in [-0.4, -0.2) is 13.1 Å². The van der Waals surface area contributed by atoms with E-state index in [0.29, 0.717) is 0 Å². The Labute approximate surface area is 63.5 Å². The van der Waals surface area contributed by atoms with E-state index in [1.165, 1.54) is 0 Å². The highest BCUT2D eigenvalue weighted by Crippen LogP contribution is 1.81. The van der Waals surface area contributed by atoms with Crippen LogP contribution in [0.3, 0.4) is 0 Å². The molecule has 0 amide bonds. The SMILES string of the molecule is C#CCCCNC/C=C/C. The topological polar surface area (TPSA) is 12.0 Å². The van der Waals surface area contributed by atoms with E-state index in [-0.39, 0.29) is 0 Å². The number of hydrogen-bond acceptors (Lipinski definition) is 1. The van der Waals surface area contributed by atoms with Gasteiger partial charge in [-0.2, -0.15) is 0 Å². The standard InChI is InChI=1S/C9H15N/c1-3-5-7-9-10-8-6-4-2/h1,4,6,10H,5,7-9H2,2H3/b6-4+. The fourth-order valence-electron chi connectivity index (χ4n) is 0.619. The summed E-state index contributed by atoms with van der Waals surface area (Å²) >= 11 is 0. The van der Waals surface area contributed by atoms with Crippen molar-refractivity contribution in [3.8, 4) is 12.3 Å². The minimum Gasteiger partial charge on any atom is -0.313 e. The van der Waals surface area contributed by atoms with Gasteiger partial charge in [-0.25, -0.2) is 0 Å². The van der Waals surface area contributed by atoms with Crippen LogP contribution in [-0.2, 0) is 0 Å². The van der Waals surface area contributed by atoms with Crippen LogP contribution in [0.1, 0.15) is 19.8 Å². The molecule has 1 nitrogen and oxygen atoms in total. The van der Waals surface area contributed by atoms with Crippen LogP contribution in [0.15, 0.2) is 12.2 Å². The Morgan fingerprint density at radius 3 is 3.00 bits per heavy atom. The molecule has 0 fully saturated rings. The molecule has 0 spiro atoms. The maximum Gasteiger partial charge on any atom is 0.0134 e. The lowest BCUT2D eigenvalue weighted by molar-refractivity contribution is 0.706. The van der Waals surface area contributed by atoms with Crippen LogP contribution in [0, 0.1) is 12.3 Å². The van der Waals surface area contributed by atoms with Gasteiger partial charge in [0.15, 0.2) is 0 Å². The minimum absolute atomic E-state index is 0.878. The molecule has 0 atom stereocenters. The monoisotopic (exact) mass is 137 g/mol. The van der Waals surface area contributed by atoms with Crippen molar-refractivity contribution in [2.75, 3.05) is 13.1 Å². The van der Waals surface area contributed by atoms with Gasteiger partial charge in [-0.3, -0.25) is 0 Å². The molecular formula is C9H15N.